The van der Waals surface area contributed by atoms with Gasteiger partial charge in [-0.1, -0.05) is 12.1 Å². The highest BCUT2D eigenvalue weighted by Gasteiger charge is 2.26. The summed E-state index contributed by atoms with van der Waals surface area (Å²) in [7, 11) is 0. The zero-order valence-electron chi connectivity index (χ0n) is 13.1. The van der Waals surface area contributed by atoms with Crippen molar-refractivity contribution in [1.29, 1.82) is 0 Å². The second-order valence-corrected chi connectivity index (χ2v) is 6.77. The Morgan fingerprint density at radius 3 is 2.96 bits per heavy atom. The molecule has 23 heavy (non-hydrogen) atoms. The summed E-state index contributed by atoms with van der Waals surface area (Å²) in [5.74, 6) is -0.348. The zero-order valence-corrected chi connectivity index (χ0v) is 14.0. The summed E-state index contributed by atoms with van der Waals surface area (Å²) >= 11 is 1.42. The van der Waals surface area contributed by atoms with E-state index in [0.29, 0.717) is 23.8 Å². The number of ether oxygens (including phenoxy) is 1. The molecule has 0 spiro atoms. The Morgan fingerprint density at radius 1 is 1.48 bits per heavy atom. The monoisotopic (exact) mass is 334 g/mol. The third kappa shape index (κ3) is 3.43. The molecule has 1 N–H and O–H groups in total. The lowest BCUT2D eigenvalue weighted by molar-refractivity contribution is -0.125. The maximum Gasteiger partial charge on any atom is 0.226 e. The summed E-state index contributed by atoms with van der Waals surface area (Å²) in [6.45, 7) is 4.95. The number of aromatic nitrogens is 1. The number of benzene rings is 1. The highest BCUT2D eigenvalue weighted by atomic mass is 32.1. The van der Waals surface area contributed by atoms with Crippen LogP contribution in [0, 0.1) is 18.7 Å². The fraction of sp³-hybridized carbons (Fsp3) is 0.412. The first-order valence-corrected chi connectivity index (χ1v) is 8.48. The number of carbonyl (C=O) groups excluding carboxylic acids is 1. The van der Waals surface area contributed by atoms with E-state index in [1.165, 1.54) is 17.4 Å². The Hall–Kier alpha value is -1.79. The molecule has 3 rings (SSSR count). The number of hydrogen-bond donors (Lipinski definition) is 1. The topological polar surface area (TPSA) is 51.2 Å². The Labute approximate surface area is 138 Å². The smallest absolute Gasteiger partial charge is 0.226 e. The number of halogens is 1. The second kappa shape index (κ2) is 6.76. The lowest BCUT2D eigenvalue weighted by atomic mass is 10.1. The van der Waals surface area contributed by atoms with Crippen LogP contribution in [0.4, 0.5) is 4.39 Å². The van der Waals surface area contributed by atoms with E-state index in [2.05, 4.69) is 10.3 Å². The van der Waals surface area contributed by atoms with E-state index in [1.54, 1.807) is 18.2 Å². The number of amides is 1. The van der Waals surface area contributed by atoms with Crippen molar-refractivity contribution < 1.29 is 13.9 Å². The minimum absolute atomic E-state index is 0.00948. The summed E-state index contributed by atoms with van der Waals surface area (Å²) in [5, 5.41) is 3.66. The molecule has 1 fully saturated rings. The standard InChI is InChI=1S/C17H19FN2O2S/c1-10(19-16(21)12-7-8-22-9-12)15-11(2)20-17(23-15)13-5-3-4-6-14(13)18/h3-6,10,12H,7-9H2,1-2H3,(H,19,21)/t10-,12+/m0/s1. The molecule has 1 aromatic carbocycles. The van der Waals surface area contributed by atoms with Crippen LogP contribution in [0.1, 0.15) is 30.0 Å². The van der Waals surface area contributed by atoms with E-state index in [-0.39, 0.29) is 23.7 Å². The Morgan fingerprint density at radius 2 is 2.26 bits per heavy atom. The molecule has 0 saturated carbocycles. The molecule has 1 amide bonds. The van der Waals surface area contributed by atoms with Gasteiger partial charge in [-0.2, -0.15) is 0 Å². The fourth-order valence-electron chi connectivity index (χ4n) is 2.70. The minimum Gasteiger partial charge on any atom is -0.381 e. The molecular formula is C17H19FN2O2S. The summed E-state index contributed by atoms with van der Waals surface area (Å²) < 4.78 is 19.2. The quantitative estimate of drug-likeness (QED) is 0.931. The van der Waals surface area contributed by atoms with Gasteiger partial charge in [-0.3, -0.25) is 4.79 Å². The normalized spacial score (nSPS) is 18.8. The van der Waals surface area contributed by atoms with Crippen LogP contribution in [0.25, 0.3) is 10.6 Å². The van der Waals surface area contributed by atoms with Gasteiger partial charge in [0.15, 0.2) is 0 Å². The molecule has 6 heteroatoms. The molecule has 2 aromatic rings. The zero-order chi connectivity index (χ0) is 16.4. The lowest BCUT2D eigenvalue weighted by Crippen LogP contribution is -2.32. The number of nitrogens with zero attached hydrogens (tertiary/aromatic N) is 1. The summed E-state index contributed by atoms with van der Waals surface area (Å²) in [6, 6.07) is 6.45. The van der Waals surface area contributed by atoms with Gasteiger partial charge in [-0.05, 0) is 32.4 Å². The molecule has 1 aromatic heterocycles. The van der Waals surface area contributed by atoms with Crippen LogP contribution in [0.2, 0.25) is 0 Å². The SMILES string of the molecule is Cc1nc(-c2ccccc2F)sc1[C@H](C)NC(=O)[C@@H]1CCOC1. The van der Waals surface area contributed by atoms with Crippen LogP contribution in [0.15, 0.2) is 24.3 Å². The third-order valence-corrected chi connectivity index (χ3v) is 5.36. The number of thiazole rings is 1. The first-order chi connectivity index (χ1) is 11.1. The van der Waals surface area contributed by atoms with Crippen molar-refractivity contribution in [2.24, 2.45) is 5.92 Å². The van der Waals surface area contributed by atoms with Crippen LogP contribution in [0.5, 0.6) is 0 Å². The largest absolute Gasteiger partial charge is 0.381 e. The molecule has 2 atom stereocenters. The van der Waals surface area contributed by atoms with E-state index in [0.717, 1.165) is 17.0 Å². The van der Waals surface area contributed by atoms with Crippen molar-refractivity contribution in [1.82, 2.24) is 10.3 Å². The van der Waals surface area contributed by atoms with Crippen molar-refractivity contribution in [2.75, 3.05) is 13.2 Å². The summed E-state index contributed by atoms with van der Waals surface area (Å²) in [5.41, 5.74) is 1.32. The van der Waals surface area contributed by atoms with Gasteiger partial charge in [0.1, 0.15) is 10.8 Å². The summed E-state index contributed by atoms with van der Waals surface area (Å²) in [4.78, 5) is 17.6. The second-order valence-electron chi connectivity index (χ2n) is 5.74. The molecule has 1 saturated heterocycles. The summed E-state index contributed by atoms with van der Waals surface area (Å²) in [6.07, 6.45) is 0.765. The molecule has 2 heterocycles. The maximum atomic E-state index is 13.9. The lowest BCUT2D eigenvalue weighted by Gasteiger charge is -2.15. The Balaban J connectivity index is 1.77. The van der Waals surface area contributed by atoms with Gasteiger partial charge in [-0.15, -0.1) is 11.3 Å². The van der Waals surface area contributed by atoms with Gasteiger partial charge < -0.3 is 10.1 Å². The van der Waals surface area contributed by atoms with Gasteiger partial charge in [0.05, 0.1) is 29.1 Å². The van der Waals surface area contributed by atoms with Gasteiger partial charge in [0, 0.05) is 12.2 Å². The molecule has 0 radical (unpaired) electrons. The number of hydrogen-bond acceptors (Lipinski definition) is 4. The Bertz CT molecular complexity index is 710. The van der Waals surface area contributed by atoms with Crippen LogP contribution < -0.4 is 5.32 Å². The predicted molar refractivity (Wildman–Crippen MR) is 87.7 cm³/mol. The molecular weight excluding hydrogens is 315 g/mol. The van der Waals surface area contributed by atoms with Gasteiger partial charge in [-0.25, -0.2) is 9.37 Å². The molecule has 0 unspecified atom stereocenters. The van der Waals surface area contributed by atoms with Crippen molar-refractivity contribution in [3.8, 4) is 10.6 Å². The number of nitrogens with one attached hydrogen (secondary N) is 1. The first kappa shape index (κ1) is 16.1. The van der Waals surface area contributed by atoms with Crippen LogP contribution in [0.3, 0.4) is 0 Å². The fourth-order valence-corrected chi connectivity index (χ4v) is 3.79. The number of rotatable bonds is 4. The number of carbonyl (C=O) groups is 1. The van der Waals surface area contributed by atoms with Crippen LogP contribution >= 0.6 is 11.3 Å². The first-order valence-electron chi connectivity index (χ1n) is 7.66. The molecule has 1 aliphatic rings. The third-order valence-electron chi connectivity index (χ3n) is 3.99. The van der Waals surface area contributed by atoms with Crippen LogP contribution in [-0.4, -0.2) is 24.1 Å². The van der Waals surface area contributed by atoms with Crippen molar-refractivity contribution in [3.05, 3.63) is 40.7 Å². The van der Waals surface area contributed by atoms with Gasteiger partial charge >= 0.3 is 0 Å². The van der Waals surface area contributed by atoms with Gasteiger partial charge in [0.2, 0.25) is 5.91 Å². The van der Waals surface area contributed by atoms with Crippen molar-refractivity contribution >= 4 is 17.2 Å². The minimum atomic E-state index is -0.285. The molecule has 1 aliphatic heterocycles. The van der Waals surface area contributed by atoms with E-state index < -0.39 is 0 Å². The van der Waals surface area contributed by atoms with Crippen molar-refractivity contribution in [2.45, 2.75) is 26.3 Å². The van der Waals surface area contributed by atoms with E-state index >= 15 is 0 Å². The molecule has 4 nitrogen and oxygen atoms in total. The average molecular weight is 334 g/mol. The van der Waals surface area contributed by atoms with E-state index in [1.807, 2.05) is 13.8 Å². The van der Waals surface area contributed by atoms with E-state index in [4.69, 9.17) is 4.74 Å². The van der Waals surface area contributed by atoms with E-state index in [9.17, 15) is 9.18 Å². The highest BCUT2D eigenvalue weighted by molar-refractivity contribution is 7.15. The molecule has 0 bridgehead atoms. The van der Waals surface area contributed by atoms with Crippen molar-refractivity contribution in [3.63, 3.8) is 0 Å². The molecule has 0 aliphatic carbocycles. The number of aryl methyl sites for hydroxylation is 1. The maximum absolute atomic E-state index is 13.9. The predicted octanol–water partition coefficient (Wildman–Crippen LogP) is 3.47. The molecule has 122 valence electrons. The van der Waals surface area contributed by atoms with Gasteiger partial charge in [0.25, 0.3) is 0 Å². The Kier molecular flexibility index (Phi) is 4.73. The van der Waals surface area contributed by atoms with Crippen LogP contribution in [-0.2, 0) is 9.53 Å². The highest BCUT2D eigenvalue weighted by Crippen LogP contribution is 2.33. The average Bonchev–Trinajstić information content (AvgIpc) is 3.17.